The first-order valence-electron chi connectivity index (χ1n) is 8.52. The third kappa shape index (κ3) is 5.63. The van der Waals surface area contributed by atoms with E-state index >= 15 is 0 Å². The molecule has 140 valence electrons. The van der Waals surface area contributed by atoms with E-state index in [-0.39, 0.29) is 0 Å². The lowest BCUT2D eigenvalue weighted by Gasteiger charge is -2.07. The first-order valence-corrected chi connectivity index (χ1v) is 10.2. The van der Waals surface area contributed by atoms with Gasteiger partial charge in [-0.1, -0.05) is 18.2 Å². The van der Waals surface area contributed by atoms with E-state index in [1.54, 1.807) is 11.3 Å². The standard InChI is InChI=1S/C19H20N4O2S2/c1-13-8-9-16(27-13)15-12-26-19(22-15)23-18(25)17(24)21-11-5-10-20-14-6-3-2-4-7-14/h2-4,6-9,12,20H,5,10-11H2,1H3,(H,21,24)(H,22,23,25). The lowest BCUT2D eigenvalue weighted by Crippen LogP contribution is -2.36. The Balaban J connectivity index is 1.39. The molecule has 0 atom stereocenters. The number of rotatable bonds is 7. The zero-order valence-corrected chi connectivity index (χ0v) is 16.5. The van der Waals surface area contributed by atoms with Crippen molar-refractivity contribution in [2.75, 3.05) is 23.7 Å². The zero-order valence-electron chi connectivity index (χ0n) is 14.8. The van der Waals surface area contributed by atoms with Gasteiger partial charge >= 0.3 is 11.8 Å². The molecule has 0 saturated carbocycles. The van der Waals surface area contributed by atoms with Crippen molar-refractivity contribution in [1.82, 2.24) is 10.3 Å². The molecular formula is C19H20N4O2S2. The second kappa shape index (κ2) is 9.29. The summed E-state index contributed by atoms with van der Waals surface area (Å²) in [5.74, 6) is -1.35. The summed E-state index contributed by atoms with van der Waals surface area (Å²) in [6, 6.07) is 13.8. The number of aromatic nitrogens is 1. The number of thiophene rings is 1. The van der Waals surface area contributed by atoms with Crippen LogP contribution in [0.25, 0.3) is 10.6 Å². The van der Waals surface area contributed by atoms with Gasteiger partial charge in [-0.3, -0.25) is 14.9 Å². The van der Waals surface area contributed by atoms with Crippen molar-refractivity contribution in [3.8, 4) is 10.6 Å². The minimum absolute atomic E-state index is 0.418. The van der Waals surface area contributed by atoms with Crippen molar-refractivity contribution in [3.05, 3.63) is 52.7 Å². The van der Waals surface area contributed by atoms with Crippen LogP contribution in [0.2, 0.25) is 0 Å². The molecule has 0 aliphatic rings. The Morgan fingerprint density at radius 3 is 2.59 bits per heavy atom. The molecule has 2 aromatic heterocycles. The van der Waals surface area contributed by atoms with E-state index in [2.05, 4.69) is 20.9 Å². The van der Waals surface area contributed by atoms with Gasteiger partial charge in [-0.25, -0.2) is 4.98 Å². The lowest BCUT2D eigenvalue weighted by atomic mass is 10.3. The maximum Gasteiger partial charge on any atom is 0.315 e. The largest absolute Gasteiger partial charge is 0.385 e. The van der Waals surface area contributed by atoms with Crippen LogP contribution in [0.5, 0.6) is 0 Å². The summed E-state index contributed by atoms with van der Waals surface area (Å²) in [5, 5.41) is 10.7. The van der Waals surface area contributed by atoms with Crippen LogP contribution in [0.1, 0.15) is 11.3 Å². The van der Waals surface area contributed by atoms with Crippen LogP contribution in [0.4, 0.5) is 10.8 Å². The number of carbonyl (C=O) groups excluding carboxylic acids is 2. The number of hydrogen-bond acceptors (Lipinski definition) is 6. The van der Waals surface area contributed by atoms with Crippen molar-refractivity contribution in [2.45, 2.75) is 13.3 Å². The Morgan fingerprint density at radius 2 is 1.85 bits per heavy atom. The van der Waals surface area contributed by atoms with Crippen molar-refractivity contribution >= 4 is 45.3 Å². The summed E-state index contributed by atoms with van der Waals surface area (Å²) in [6.07, 6.45) is 0.715. The maximum absolute atomic E-state index is 12.0. The molecule has 0 radical (unpaired) electrons. The third-order valence-corrected chi connectivity index (χ3v) is 5.45. The Labute approximate surface area is 165 Å². The highest BCUT2D eigenvalue weighted by Crippen LogP contribution is 2.30. The summed E-state index contributed by atoms with van der Waals surface area (Å²) in [5.41, 5.74) is 1.84. The van der Waals surface area contributed by atoms with Crippen LogP contribution in [-0.4, -0.2) is 29.9 Å². The molecule has 3 aromatic rings. The zero-order chi connectivity index (χ0) is 19.1. The normalized spacial score (nSPS) is 10.4. The number of para-hydroxylation sites is 1. The fourth-order valence-corrected chi connectivity index (χ4v) is 3.94. The molecule has 3 rings (SSSR count). The number of thiazole rings is 1. The highest BCUT2D eigenvalue weighted by atomic mass is 32.1. The molecule has 0 unspecified atom stereocenters. The van der Waals surface area contributed by atoms with Crippen molar-refractivity contribution in [3.63, 3.8) is 0 Å². The molecule has 0 fully saturated rings. The van der Waals surface area contributed by atoms with Crippen molar-refractivity contribution < 1.29 is 9.59 Å². The summed E-state index contributed by atoms with van der Waals surface area (Å²) >= 11 is 2.94. The van der Waals surface area contributed by atoms with Crippen LogP contribution in [0.15, 0.2) is 47.8 Å². The summed E-state index contributed by atoms with van der Waals surface area (Å²) in [6.45, 7) is 3.16. The summed E-state index contributed by atoms with van der Waals surface area (Å²) in [4.78, 5) is 30.5. The molecular weight excluding hydrogens is 380 g/mol. The van der Waals surface area contributed by atoms with Crippen LogP contribution < -0.4 is 16.0 Å². The van der Waals surface area contributed by atoms with Crippen LogP contribution in [0, 0.1) is 6.92 Å². The molecule has 1 aromatic carbocycles. The van der Waals surface area contributed by atoms with Gasteiger partial charge in [0.05, 0.1) is 10.6 Å². The second-order valence-electron chi connectivity index (χ2n) is 5.80. The Hall–Kier alpha value is -2.71. The smallest absolute Gasteiger partial charge is 0.315 e. The number of aryl methyl sites for hydroxylation is 1. The first-order chi connectivity index (χ1) is 13.1. The monoisotopic (exact) mass is 400 g/mol. The number of nitrogens with zero attached hydrogens (tertiary/aromatic N) is 1. The molecule has 27 heavy (non-hydrogen) atoms. The molecule has 2 amide bonds. The highest BCUT2D eigenvalue weighted by molar-refractivity contribution is 7.17. The van der Waals surface area contributed by atoms with Gasteiger partial charge in [0, 0.05) is 29.0 Å². The molecule has 0 aliphatic carbocycles. The van der Waals surface area contributed by atoms with Gasteiger partial charge in [0.25, 0.3) is 0 Å². The number of benzene rings is 1. The van der Waals surface area contributed by atoms with Crippen LogP contribution >= 0.6 is 22.7 Å². The van der Waals surface area contributed by atoms with Gasteiger partial charge < -0.3 is 10.6 Å². The van der Waals surface area contributed by atoms with E-state index in [1.165, 1.54) is 16.2 Å². The number of anilines is 2. The fraction of sp³-hybridized carbons (Fsp3) is 0.211. The predicted octanol–water partition coefficient (Wildman–Crippen LogP) is 3.74. The average Bonchev–Trinajstić information content (AvgIpc) is 3.31. The SMILES string of the molecule is Cc1ccc(-c2csc(NC(=O)C(=O)NCCCNc3ccccc3)n2)s1. The van der Waals surface area contributed by atoms with E-state index in [9.17, 15) is 9.59 Å². The molecule has 6 nitrogen and oxygen atoms in total. The predicted molar refractivity (Wildman–Crippen MR) is 111 cm³/mol. The molecule has 3 N–H and O–H groups in total. The molecule has 0 aliphatic heterocycles. The van der Waals surface area contributed by atoms with E-state index in [4.69, 9.17) is 0 Å². The highest BCUT2D eigenvalue weighted by Gasteiger charge is 2.15. The minimum atomic E-state index is -0.700. The molecule has 2 heterocycles. The Morgan fingerprint density at radius 1 is 1.04 bits per heavy atom. The number of carbonyl (C=O) groups is 2. The van der Waals surface area contributed by atoms with Crippen LogP contribution in [-0.2, 0) is 9.59 Å². The molecule has 0 bridgehead atoms. The number of hydrogen-bond donors (Lipinski definition) is 3. The van der Waals surface area contributed by atoms with Gasteiger partial charge in [0.15, 0.2) is 5.13 Å². The van der Waals surface area contributed by atoms with Crippen molar-refractivity contribution in [1.29, 1.82) is 0 Å². The van der Waals surface area contributed by atoms with Gasteiger partial charge in [-0.15, -0.1) is 22.7 Å². The van der Waals surface area contributed by atoms with Crippen molar-refractivity contribution in [2.24, 2.45) is 0 Å². The molecule has 8 heteroatoms. The molecule has 0 spiro atoms. The average molecular weight is 401 g/mol. The quantitative estimate of drug-likeness (QED) is 0.417. The lowest BCUT2D eigenvalue weighted by molar-refractivity contribution is -0.136. The van der Waals surface area contributed by atoms with Gasteiger partial charge in [-0.2, -0.15) is 0 Å². The second-order valence-corrected chi connectivity index (χ2v) is 7.95. The van der Waals surface area contributed by atoms with E-state index in [0.717, 1.165) is 16.3 Å². The van der Waals surface area contributed by atoms with Gasteiger partial charge in [-0.05, 0) is 37.6 Å². The van der Waals surface area contributed by atoms with E-state index in [0.29, 0.717) is 24.6 Å². The number of amides is 2. The molecule has 0 saturated heterocycles. The van der Waals surface area contributed by atoms with E-state index < -0.39 is 11.8 Å². The summed E-state index contributed by atoms with van der Waals surface area (Å²) in [7, 11) is 0. The minimum Gasteiger partial charge on any atom is -0.385 e. The van der Waals surface area contributed by atoms with Crippen LogP contribution in [0.3, 0.4) is 0 Å². The third-order valence-electron chi connectivity index (χ3n) is 3.67. The van der Waals surface area contributed by atoms with Gasteiger partial charge in [0.1, 0.15) is 0 Å². The van der Waals surface area contributed by atoms with E-state index in [1.807, 2.05) is 54.8 Å². The fourth-order valence-electron chi connectivity index (χ4n) is 2.33. The topological polar surface area (TPSA) is 83.1 Å². The first kappa shape index (κ1) is 19.1. The Bertz CT molecular complexity index is 905. The van der Waals surface area contributed by atoms with Gasteiger partial charge in [0.2, 0.25) is 0 Å². The Kier molecular flexibility index (Phi) is 6.56. The maximum atomic E-state index is 12.0. The summed E-state index contributed by atoms with van der Waals surface area (Å²) < 4.78 is 0. The number of nitrogens with one attached hydrogen (secondary N) is 3.